The molecule has 0 saturated carbocycles. The zero-order chi connectivity index (χ0) is 23.6. The van der Waals surface area contributed by atoms with Gasteiger partial charge in [0.25, 0.3) is 5.91 Å². The largest absolute Gasteiger partial charge is 0.417 e. The van der Waals surface area contributed by atoms with Crippen LogP contribution in [-0.4, -0.2) is 33.1 Å². The highest BCUT2D eigenvalue weighted by Crippen LogP contribution is 2.36. The molecule has 0 spiro atoms. The zero-order valence-electron chi connectivity index (χ0n) is 18.6. The average molecular weight is 454 g/mol. The van der Waals surface area contributed by atoms with Gasteiger partial charge in [0.15, 0.2) is 0 Å². The lowest BCUT2D eigenvalue weighted by Gasteiger charge is -2.31. The third-order valence-electron chi connectivity index (χ3n) is 6.03. The highest BCUT2D eigenvalue weighted by Gasteiger charge is 2.35. The highest BCUT2D eigenvalue weighted by molar-refractivity contribution is 5.96. The van der Waals surface area contributed by atoms with Gasteiger partial charge < -0.3 is 15.1 Å². The summed E-state index contributed by atoms with van der Waals surface area (Å²) in [4.78, 5) is 17.0. The molecule has 0 radical (unpaired) electrons. The predicted octanol–water partition coefficient (Wildman–Crippen LogP) is 5.31. The molecule has 172 valence electrons. The second-order valence-corrected chi connectivity index (χ2v) is 8.33. The standard InChI is InChI=1S/C26H26F3N3O/c1-31(2)20-13-11-19(12-14-20)24(32-16-15-18-7-3-6-10-23(18)32)17-30-25(33)21-8-4-5-9-22(21)26(27,28)29/h3-14,24H,15-17H2,1-2H3,(H,30,33)/t24-/m1/s1. The Morgan fingerprint density at radius 3 is 2.36 bits per heavy atom. The number of alkyl halides is 3. The van der Waals surface area contributed by atoms with E-state index in [2.05, 4.69) is 16.3 Å². The molecule has 4 rings (SSSR count). The second-order valence-electron chi connectivity index (χ2n) is 8.33. The third-order valence-corrected chi connectivity index (χ3v) is 6.03. The lowest BCUT2D eigenvalue weighted by molar-refractivity contribution is -0.137. The van der Waals surface area contributed by atoms with Crippen LogP contribution in [0.4, 0.5) is 24.5 Å². The van der Waals surface area contributed by atoms with E-state index in [0.717, 1.165) is 36.0 Å². The monoisotopic (exact) mass is 453 g/mol. The number of carbonyl (C=O) groups is 1. The number of hydrogen-bond donors (Lipinski definition) is 1. The third kappa shape index (κ3) is 4.82. The van der Waals surface area contributed by atoms with E-state index in [4.69, 9.17) is 0 Å². The Bertz CT molecular complexity index is 1130. The number of amides is 1. The van der Waals surface area contributed by atoms with Crippen molar-refractivity contribution in [1.29, 1.82) is 0 Å². The van der Waals surface area contributed by atoms with Gasteiger partial charge in [-0.2, -0.15) is 13.2 Å². The molecule has 0 unspecified atom stereocenters. The number of anilines is 2. The van der Waals surface area contributed by atoms with Crippen LogP contribution < -0.4 is 15.1 Å². The minimum absolute atomic E-state index is 0.181. The van der Waals surface area contributed by atoms with Crippen LogP contribution in [-0.2, 0) is 12.6 Å². The van der Waals surface area contributed by atoms with E-state index in [1.807, 2.05) is 61.5 Å². The summed E-state index contributed by atoms with van der Waals surface area (Å²) in [6, 6.07) is 20.8. The van der Waals surface area contributed by atoms with Crippen molar-refractivity contribution in [2.24, 2.45) is 0 Å². The van der Waals surface area contributed by atoms with Crippen molar-refractivity contribution < 1.29 is 18.0 Å². The normalized spacial score (nSPS) is 14.0. The first-order chi connectivity index (χ1) is 15.8. The fourth-order valence-electron chi connectivity index (χ4n) is 4.30. The molecule has 1 aliphatic heterocycles. The molecule has 1 atom stereocenters. The average Bonchev–Trinajstić information content (AvgIpc) is 3.23. The van der Waals surface area contributed by atoms with E-state index >= 15 is 0 Å². The molecule has 0 bridgehead atoms. The molecular formula is C26H26F3N3O. The molecular weight excluding hydrogens is 427 g/mol. The van der Waals surface area contributed by atoms with E-state index in [1.54, 1.807) is 0 Å². The summed E-state index contributed by atoms with van der Waals surface area (Å²) in [5, 5.41) is 2.76. The van der Waals surface area contributed by atoms with E-state index in [1.165, 1.54) is 23.8 Å². The molecule has 1 aliphatic rings. The van der Waals surface area contributed by atoms with E-state index in [-0.39, 0.29) is 18.2 Å². The number of benzene rings is 3. The molecule has 0 saturated heterocycles. The smallest absolute Gasteiger partial charge is 0.378 e. The van der Waals surface area contributed by atoms with Crippen LogP contribution in [0.2, 0.25) is 0 Å². The van der Waals surface area contributed by atoms with Crippen LogP contribution in [0.15, 0.2) is 72.8 Å². The Morgan fingerprint density at radius 1 is 1.00 bits per heavy atom. The molecule has 0 fully saturated rings. The number of rotatable bonds is 6. The van der Waals surface area contributed by atoms with Gasteiger partial charge in [-0.3, -0.25) is 4.79 Å². The summed E-state index contributed by atoms with van der Waals surface area (Å²) in [5.41, 5.74) is 3.05. The second kappa shape index (κ2) is 9.17. The van der Waals surface area contributed by atoms with E-state index in [0.29, 0.717) is 0 Å². The maximum Gasteiger partial charge on any atom is 0.417 e. The van der Waals surface area contributed by atoms with Crippen LogP contribution in [0.1, 0.15) is 33.1 Å². The van der Waals surface area contributed by atoms with Crippen molar-refractivity contribution in [1.82, 2.24) is 5.32 Å². The Labute approximate surface area is 191 Å². The number of carbonyl (C=O) groups excluding carboxylic acids is 1. The summed E-state index contributed by atoms with van der Waals surface area (Å²) in [6.45, 7) is 0.953. The maximum absolute atomic E-state index is 13.4. The number of nitrogens with one attached hydrogen (secondary N) is 1. The van der Waals surface area contributed by atoms with Gasteiger partial charge in [0.2, 0.25) is 0 Å². The Kier molecular flexibility index (Phi) is 6.31. The number of nitrogens with zero attached hydrogens (tertiary/aromatic N) is 2. The molecule has 1 N–H and O–H groups in total. The van der Waals surface area contributed by atoms with Crippen LogP contribution >= 0.6 is 0 Å². The first kappa shape index (κ1) is 22.7. The first-order valence-electron chi connectivity index (χ1n) is 10.8. The lowest BCUT2D eigenvalue weighted by Crippen LogP contribution is -2.38. The number of halogens is 3. The van der Waals surface area contributed by atoms with Crippen molar-refractivity contribution in [2.45, 2.75) is 18.6 Å². The molecule has 7 heteroatoms. The first-order valence-corrected chi connectivity index (χ1v) is 10.8. The summed E-state index contributed by atoms with van der Waals surface area (Å²) in [7, 11) is 3.92. The van der Waals surface area contributed by atoms with Gasteiger partial charge in [-0.05, 0) is 47.9 Å². The zero-order valence-corrected chi connectivity index (χ0v) is 18.6. The molecule has 0 aliphatic carbocycles. The highest BCUT2D eigenvalue weighted by atomic mass is 19.4. The minimum atomic E-state index is -4.59. The van der Waals surface area contributed by atoms with Gasteiger partial charge in [-0.15, -0.1) is 0 Å². The van der Waals surface area contributed by atoms with Gasteiger partial charge in [0, 0.05) is 38.6 Å². The lowest BCUT2D eigenvalue weighted by atomic mass is 10.0. The quantitative estimate of drug-likeness (QED) is 0.550. The van der Waals surface area contributed by atoms with Gasteiger partial charge in [0.05, 0.1) is 17.2 Å². The van der Waals surface area contributed by atoms with E-state index in [9.17, 15) is 18.0 Å². The number of para-hydroxylation sites is 1. The molecule has 33 heavy (non-hydrogen) atoms. The Hall–Kier alpha value is -3.48. The number of fused-ring (bicyclic) bond motifs is 1. The van der Waals surface area contributed by atoms with E-state index < -0.39 is 17.6 Å². The van der Waals surface area contributed by atoms with Crippen LogP contribution in [0.3, 0.4) is 0 Å². The Morgan fingerprint density at radius 2 is 1.67 bits per heavy atom. The van der Waals surface area contributed by atoms with Crippen molar-refractivity contribution >= 4 is 17.3 Å². The molecule has 0 aromatic heterocycles. The molecule has 1 amide bonds. The summed E-state index contributed by atoms with van der Waals surface area (Å²) in [5.74, 6) is -0.731. The minimum Gasteiger partial charge on any atom is -0.378 e. The predicted molar refractivity (Wildman–Crippen MR) is 125 cm³/mol. The maximum atomic E-state index is 13.4. The van der Waals surface area contributed by atoms with Crippen molar-refractivity contribution in [2.75, 3.05) is 37.0 Å². The summed E-state index contributed by atoms with van der Waals surface area (Å²) in [6.07, 6.45) is -3.71. The fourth-order valence-corrected chi connectivity index (χ4v) is 4.30. The SMILES string of the molecule is CN(C)c1ccc([C@@H](CNC(=O)c2ccccc2C(F)(F)F)N2CCc3ccccc32)cc1. The fraction of sp³-hybridized carbons (Fsp3) is 0.269. The number of hydrogen-bond acceptors (Lipinski definition) is 3. The van der Waals surface area contributed by atoms with Gasteiger partial charge >= 0.3 is 6.18 Å². The van der Waals surface area contributed by atoms with Crippen molar-refractivity contribution in [3.63, 3.8) is 0 Å². The van der Waals surface area contributed by atoms with Crippen molar-refractivity contribution in [3.8, 4) is 0 Å². The van der Waals surface area contributed by atoms with Crippen LogP contribution in [0.25, 0.3) is 0 Å². The van der Waals surface area contributed by atoms with Crippen LogP contribution in [0, 0.1) is 0 Å². The Balaban J connectivity index is 1.62. The van der Waals surface area contributed by atoms with Crippen LogP contribution in [0.5, 0.6) is 0 Å². The van der Waals surface area contributed by atoms with Gasteiger partial charge in [-0.25, -0.2) is 0 Å². The summed E-state index contributed by atoms with van der Waals surface area (Å²) < 4.78 is 40.2. The molecule has 3 aromatic carbocycles. The molecule has 1 heterocycles. The topological polar surface area (TPSA) is 35.6 Å². The molecule has 3 aromatic rings. The van der Waals surface area contributed by atoms with Gasteiger partial charge in [0.1, 0.15) is 0 Å². The molecule has 4 nitrogen and oxygen atoms in total. The van der Waals surface area contributed by atoms with Crippen molar-refractivity contribution in [3.05, 3.63) is 95.1 Å². The van der Waals surface area contributed by atoms with Gasteiger partial charge in [-0.1, -0.05) is 42.5 Å². The summed E-state index contributed by atoms with van der Waals surface area (Å²) >= 11 is 0.